The van der Waals surface area contributed by atoms with Crippen molar-refractivity contribution in [2.45, 2.75) is 19.3 Å². The van der Waals surface area contributed by atoms with Gasteiger partial charge in [-0.1, -0.05) is 30.3 Å². The molecule has 2 aromatic carbocycles. The number of fused-ring (bicyclic) bond motifs is 1. The smallest absolute Gasteiger partial charge is 0.452 e. The maximum absolute atomic E-state index is 14.4. The molecule has 5 rings (SSSR count). The average Bonchev–Trinajstić information content (AvgIpc) is 3.29. The molecule has 16 heteroatoms. The molecule has 4 N–H and O–H groups in total. The third kappa shape index (κ3) is 6.22. The van der Waals surface area contributed by atoms with E-state index in [1.807, 2.05) is 0 Å². The highest BCUT2D eigenvalue weighted by Gasteiger charge is 2.31. The van der Waals surface area contributed by atoms with Crippen LogP contribution in [-0.4, -0.2) is 44.3 Å². The lowest BCUT2D eigenvalue weighted by molar-refractivity contribution is -0.274. The summed E-state index contributed by atoms with van der Waals surface area (Å²) in [5.41, 5.74) is 13.4. The van der Waals surface area contributed by atoms with Crippen molar-refractivity contribution in [2.75, 3.05) is 23.5 Å². The Balaban J connectivity index is 1.55. The molecule has 0 bridgehead atoms. The summed E-state index contributed by atoms with van der Waals surface area (Å²) in [5.74, 6) is -2.57. The van der Waals surface area contributed by atoms with Crippen LogP contribution in [0.3, 0.4) is 0 Å². The molecule has 0 aliphatic rings. The van der Waals surface area contributed by atoms with Gasteiger partial charge in [0.25, 0.3) is 5.95 Å². The Labute approximate surface area is 239 Å². The van der Waals surface area contributed by atoms with Crippen LogP contribution in [0.2, 0.25) is 0 Å². The van der Waals surface area contributed by atoms with Gasteiger partial charge in [0.1, 0.15) is 28.6 Å². The fourth-order valence-electron chi connectivity index (χ4n) is 4.35. The molecule has 0 aliphatic heterocycles. The Morgan fingerprint density at radius 2 is 1.74 bits per heavy atom. The highest BCUT2D eigenvalue weighted by atomic mass is 19.4. The third-order valence-corrected chi connectivity index (χ3v) is 6.13. The van der Waals surface area contributed by atoms with E-state index in [1.165, 1.54) is 24.3 Å². The van der Waals surface area contributed by atoms with Gasteiger partial charge in [-0.15, -0.1) is 13.2 Å². The van der Waals surface area contributed by atoms with Crippen molar-refractivity contribution in [3.8, 4) is 11.7 Å². The summed E-state index contributed by atoms with van der Waals surface area (Å²) in [6.07, 6.45) is -4.91. The number of carbonyl (C=O) groups excluding carboxylic acids is 1. The second kappa shape index (κ2) is 11.4. The van der Waals surface area contributed by atoms with E-state index in [9.17, 15) is 26.7 Å². The molecule has 3 heterocycles. The summed E-state index contributed by atoms with van der Waals surface area (Å²) in [6, 6.07) is 12.1. The van der Waals surface area contributed by atoms with Gasteiger partial charge in [0.05, 0.1) is 31.1 Å². The number of carbonyl (C=O) groups is 1. The van der Waals surface area contributed by atoms with E-state index < -0.39 is 29.8 Å². The van der Waals surface area contributed by atoms with Gasteiger partial charge in [-0.3, -0.25) is 4.90 Å². The third-order valence-electron chi connectivity index (χ3n) is 6.13. The monoisotopic (exact) mass is 600 g/mol. The van der Waals surface area contributed by atoms with Crippen LogP contribution in [0.15, 0.2) is 60.8 Å². The largest absolute Gasteiger partial charge is 0.573 e. The molecule has 11 nitrogen and oxygen atoms in total. The number of halogens is 5. The van der Waals surface area contributed by atoms with Crippen LogP contribution in [0.25, 0.3) is 17.0 Å². The number of hydrogen-bond acceptors (Lipinski definition) is 9. The van der Waals surface area contributed by atoms with Crippen molar-refractivity contribution in [1.82, 2.24) is 24.7 Å². The highest BCUT2D eigenvalue weighted by Crippen LogP contribution is 2.32. The molecule has 0 saturated carbocycles. The minimum Gasteiger partial charge on any atom is -0.452 e. The summed E-state index contributed by atoms with van der Waals surface area (Å²) in [4.78, 5) is 26.2. The molecule has 43 heavy (non-hydrogen) atoms. The van der Waals surface area contributed by atoms with E-state index in [0.29, 0.717) is 5.56 Å². The number of pyridine rings is 1. The van der Waals surface area contributed by atoms with Crippen molar-refractivity contribution in [1.29, 1.82) is 0 Å². The molecule has 0 radical (unpaired) electrons. The first-order chi connectivity index (χ1) is 20.4. The molecule has 0 spiro atoms. The number of nitrogen functional groups attached to an aromatic ring is 2. The van der Waals surface area contributed by atoms with Gasteiger partial charge < -0.3 is 20.9 Å². The predicted octanol–water partition coefficient (Wildman–Crippen LogP) is 4.92. The number of hydrogen-bond donors (Lipinski definition) is 2. The minimum absolute atomic E-state index is 0.00505. The number of amides is 1. The van der Waals surface area contributed by atoms with Gasteiger partial charge in [-0.25, -0.2) is 18.6 Å². The predicted molar refractivity (Wildman–Crippen MR) is 144 cm³/mol. The van der Waals surface area contributed by atoms with E-state index in [1.54, 1.807) is 12.1 Å². The van der Waals surface area contributed by atoms with Crippen LogP contribution in [0.4, 0.5) is 44.1 Å². The van der Waals surface area contributed by atoms with Crippen LogP contribution >= 0.6 is 0 Å². The topological polar surface area (TPSA) is 147 Å². The number of alkyl halides is 3. The molecule has 1 amide bonds. The summed E-state index contributed by atoms with van der Waals surface area (Å²) >= 11 is 0. The number of aromatic nitrogens is 5. The lowest BCUT2D eigenvalue weighted by Crippen LogP contribution is -2.32. The van der Waals surface area contributed by atoms with Crippen molar-refractivity contribution in [3.63, 3.8) is 0 Å². The van der Waals surface area contributed by atoms with E-state index in [-0.39, 0.29) is 58.5 Å². The number of rotatable bonds is 7. The van der Waals surface area contributed by atoms with Crippen LogP contribution in [0.5, 0.6) is 5.75 Å². The minimum atomic E-state index is -4.93. The van der Waals surface area contributed by atoms with Gasteiger partial charge in [-0.05, 0) is 29.3 Å². The quantitative estimate of drug-likeness (QED) is 0.249. The molecule has 0 unspecified atom stereocenters. The van der Waals surface area contributed by atoms with Gasteiger partial charge in [0.15, 0.2) is 11.6 Å². The second-order valence-corrected chi connectivity index (χ2v) is 9.04. The number of ether oxygens (including phenoxy) is 2. The van der Waals surface area contributed by atoms with Crippen LogP contribution in [-0.2, 0) is 17.7 Å². The average molecular weight is 601 g/mol. The van der Waals surface area contributed by atoms with Gasteiger partial charge in [0, 0.05) is 12.5 Å². The normalized spacial score (nSPS) is 11.5. The SMILES string of the molecule is COC(=O)N(Cc1cccc(OC(F)(F)F)c1)c1c(N)nc(-n2nc(Cc3ccccc3F)c3ncc(F)cc32)nc1N. The zero-order valence-electron chi connectivity index (χ0n) is 22.1. The van der Waals surface area contributed by atoms with Crippen molar-refractivity contribution >= 4 is 34.4 Å². The maximum Gasteiger partial charge on any atom is 0.573 e. The summed E-state index contributed by atoms with van der Waals surface area (Å²) in [7, 11) is 1.08. The van der Waals surface area contributed by atoms with E-state index in [4.69, 9.17) is 16.2 Å². The first kappa shape index (κ1) is 29.0. The maximum atomic E-state index is 14.4. The fraction of sp³-hybridized carbons (Fsp3) is 0.148. The van der Waals surface area contributed by atoms with Crippen LogP contribution < -0.4 is 21.1 Å². The highest BCUT2D eigenvalue weighted by molar-refractivity contribution is 5.95. The van der Waals surface area contributed by atoms with Crippen molar-refractivity contribution < 1.29 is 36.2 Å². The molecule has 0 saturated heterocycles. The van der Waals surface area contributed by atoms with Crippen LogP contribution in [0.1, 0.15) is 16.8 Å². The van der Waals surface area contributed by atoms with Crippen LogP contribution in [0, 0.1) is 11.6 Å². The van der Waals surface area contributed by atoms with E-state index >= 15 is 0 Å². The number of anilines is 3. The Hall–Kier alpha value is -5.54. The molecule has 222 valence electrons. The molecule has 5 aromatic rings. The number of nitrogens with two attached hydrogens (primary N) is 2. The van der Waals surface area contributed by atoms with E-state index in [0.717, 1.165) is 41.1 Å². The standard InChI is InChI=1S/C27H21F5N8O3/c1-42-26(41)39(13-14-5-4-7-17(9-14)43-27(30,31)32)22-23(33)36-25(37-24(22)34)40-20-11-16(28)12-35-21(20)19(38-40)10-15-6-2-3-8-18(15)29/h2-9,11-12H,10,13H2,1H3,(H4,33,34,36,37). The summed E-state index contributed by atoms with van der Waals surface area (Å²) in [6.45, 7) is -0.356. The Kier molecular flexibility index (Phi) is 7.67. The molecule has 0 fully saturated rings. The first-order valence-corrected chi connectivity index (χ1v) is 12.3. The summed E-state index contributed by atoms with van der Waals surface area (Å²) < 4.78 is 76.6. The fourth-order valence-corrected chi connectivity index (χ4v) is 4.35. The lowest BCUT2D eigenvalue weighted by atomic mass is 10.1. The lowest BCUT2D eigenvalue weighted by Gasteiger charge is -2.24. The molecule has 0 atom stereocenters. The zero-order valence-corrected chi connectivity index (χ0v) is 22.1. The first-order valence-electron chi connectivity index (χ1n) is 12.3. The molecular formula is C27H21F5N8O3. The number of nitrogens with zero attached hydrogens (tertiary/aromatic N) is 6. The Bertz CT molecular complexity index is 1810. The molecule has 3 aromatic heterocycles. The van der Waals surface area contributed by atoms with Crippen molar-refractivity contribution in [2.24, 2.45) is 0 Å². The number of benzene rings is 2. The molecule has 0 aliphatic carbocycles. The zero-order chi connectivity index (χ0) is 30.9. The number of methoxy groups -OCH3 is 1. The van der Waals surface area contributed by atoms with Crippen molar-refractivity contribution in [3.05, 3.63) is 89.2 Å². The van der Waals surface area contributed by atoms with E-state index in [2.05, 4.69) is 24.8 Å². The van der Waals surface area contributed by atoms with Gasteiger partial charge in [0.2, 0.25) is 0 Å². The molecular weight excluding hydrogens is 579 g/mol. The summed E-state index contributed by atoms with van der Waals surface area (Å²) in [5, 5.41) is 4.43. The Morgan fingerprint density at radius 1 is 1.02 bits per heavy atom. The van der Waals surface area contributed by atoms with Gasteiger partial charge >= 0.3 is 12.5 Å². The second-order valence-electron chi connectivity index (χ2n) is 9.04. The Morgan fingerprint density at radius 3 is 2.42 bits per heavy atom. The van der Waals surface area contributed by atoms with Gasteiger partial charge in [-0.2, -0.15) is 19.7 Å².